The third-order valence-corrected chi connectivity index (χ3v) is 9.85. The first-order valence-electron chi connectivity index (χ1n) is 15.7. The summed E-state index contributed by atoms with van der Waals surface area (Å²) in [6, 6.07) is 23.0. The van der Waals surface area contributed by atoms with Crippen LogP contribution in [-0.2, 0) is 9.53 Å². The van der Waals surface area contributed by atoms with Crippen LogP contribution in [0.3, 0.4) is 0 Å². The number of hydrogen-bond donors (Lipinski definition) is 0. The van der Waals surface area contributed by atoms with Crippen LogP contribution in [0.2, 0.25) is 0 Å². The summed E-state index contributed by atoms with van der Waals surface area (Å²) in [4.78, 5) is 54.2. The van der Waals surface area contributed by atoms with Gasteiger partial charge in [0.2, 0.25) is 0 Å². The molecule has 0 saturated heterocycles. The molecule has 0 amide bonds. The maximum atomic E-state index is 14.3. The zero-order valence-corrected chi connectivity index (χ0v) is 29.2. The van der Waals surface area contributed by atoms with E-state index in [1.807, 2.05) is 74.5 Å². The first kappa shape index (κ1) is 33.7. The van der Waals surface area contributed by atoms with Crippen LogP contribution in [0.25, 0.3) is 11.8 Å². The molecule has 0 spiro atoms. The zero-order valence-electron chi connectivity index (χ0n) is 27.5. The van der Waals surface area contributed by atoms with Crippen molar-refractivity contribution < 1.29 is 14.5 Å². The maximum Gasteiger partial charge on any atom is 0.338 e. The molecule has 1 aliphatic heterocycles. The number of carbonyl (C=O) groups excluding carboxylic acids is 1. The molecule has 0 bridgehead atoms. The number of nitro groups is 1. The fourth-order valence-corrected chi connectivity index (χ4v) is 7.61. The zero-order chi connectivity index (χ0) is 34.8. The van der Waals surface area contributed by atoms with Crippen LogP contribution in [0.1, 0.15) is 66.4 Å². The van der Waals surface area contributed by atoms with Gasteiger partial charge in [-0.3, -0.25) is 19.5 Å². The predicted molar refractivity (Wildman–Crippen MR) is 190 cm³/mol. The van der Waals surface area contributed by atoms with Crippen molar-refractivity contribution in [3.05, 3.63) is 148 Å². The first-order valence-corrected chi connectivity index (χ1v) is 17.3. The Kier molecular flexibility index (Phi) is 9.70. The van der Waals surface area contributed by atoms with E-state index in [1.165, 1.54) is 10.6 Å². The van der Waals surface area contributed by atoms with Gasteiger partial charge in [-0.25, -0.2) is 19.8 Å². The van der Waals surface area contributed by atoms with Crippen LogP contribution >= 0.6 is 23.1 Å². The summed E-state index contributed by atoms with van der Waals surface area (Å²) in [5, 5.41) is 12.6. The lowest BCUT2D eigenvalue weighted by molar-refractivity contribution is -0.387. The van der Waals surface area contributed by atoms with Crippen molar-refractivity contribution >= 4 is 46.5 Å². The van der Waals surface area contributed by atoms with Crippen LogP contribution in [0.5, 0.6) is 0 Å². The third kappa shape index (κ3) is 7.01. The fourth-order valence-electron chi connectivity index (χ4n) is 5.66. The van der Waals surface area contributed by atoms with E-state index in [1.54, 1.807) is 25.1 Å². The Labute approximate surface area is 290 Å². The second-order valence-corrected chi connectivity index (χ2v) is 13.8. The molecule has 1 aliphatic rings. The summed E-state index contributed by atoms with van der Waals surface area (Å²) in [5.41, 5.74) is 4.74. The Morgan fingerprint density at radius 1 is 1.04 bits per heavy atom. The summed E-state index contributed by atoms with van der Waals surface area (Å²) in [6.45, 7) is 9.77. The lowest BCUT2D eigenvalue weighted by Gasteiger charge is -2.26. The number of hydrogen-bond acceptors (Lipinski definition) is 10. The number of thiazole rings is 1. The number of aryl methyl sites for hydroxylation is 2. The standard InChI is InChI=1S/C37H33N5O5S2/c1-6-47-35(44)31-32(26-10-8-7-9-11-26)40-37-41(33(31)27-15-13-25(14-16-27)21(2)3)34(43)30(49-37)20-24-12-17-29(28(19-24)42(45)46)48-36-38-22(4)18-23(5)39-36/h7-21,33H,6H2,1-5H3/b30-20+/t33-/m1/s1. The fraction of sp³-hybridized carbons (Fsp3) is 0.216. The van der Waals surface area contributed by atoms with E-state index >= 15 is 0 Å². The smallest absolute Gasteiger partial charge is 0.338 e. The number of nitrogens with zero attached hydrogens (tertiary/aromatic N) is 5. The minimum atomic E-state index is -0.820. The monoisotopic (exact) mass is 691 g/mol. The number of fused-ring (bicyclic) bond motifs is 1. The molecule has 3 heterocycles. The van der Waals surface area contributed by atoms with Crippen LogP contribution in [-0.4, -0.2) is 32.0 Å². The maximum absolute atomic E-state index is 14.3. The molecule has 0 N–H and O–H groups in total. The molecule has 12 heteroatoms. The summed E-state index contributed by atoms with van der Waals surface area (Å²) in [7, 11) is 0. The number of aromatic nitrogens is 3. The van der Waals surface area contributed by atoms with Gasteiger partial charge in [0.25, 0.3) is 11.2 Å². The van der Waals surface area contributed by atoms with E-state index < -0.39 is 16.9 Å². The minimum absolute atomic E-state index is 0.131. The molecule has 0 fully saturated rings. The number of nitro benzene ring substituents is 1. The van der Waals surface area contributed by atoms with Gasteiger partial charge in [-0.15, -0.1) is 0 Å². The number of esters is 1. The van der Waals surface area contributed by atoms with Gasteiger partial charge in [-0.2, -0.15) is 0 Å². The molecular weight excluding hydrogens is 659 g/mol. The van der Waals surface area contributed by atoms with Gasteiger partial charge in [0, 0.05) is 23.0 Å². The molecule has 0 unspecified atom stereocenters. The number of benzene rings is 3. The van der Waals surface area contributed by atoms with E-state index in [2.05, 4.69) is 23.8 Å². The first-order chi connectivity index (χ1) is 23.5. The molecule has 0 radical (unpaired) electrons. The second kappa shape index (κ2) is 14.1. The number of carbonyl (C=O) groups is 1. The average molecular weight is 692 g/mol. The Bertz CT molecular complexity index is 2270. The molecule has 0 aliphatic carbocycles. The summed E-state index contributed by atoms with van der Waals surface area (Å²) in [5.74, 6) is -0.271. The third-order valence-electron chi connectivity index (χ3n) is 7.93. The van der Waals surface area contributed by atoms with E-state index in [9.17, 15) is 19.7 Å². The normalized spacial score (nSPS) is 14.5. The Hall–Kier alpha value is -5.20. The Balaban J connectivity index is 1.53. The Morgan fingerprint density at radius 2 is 1.73 bits per heavy atom. The summed E-state index contributed by atoms with van der Waals surface area (Å²) in [6.07, 6.45) is 1.62. The van der Waals surface area contributed by atoms with Gasteiger partial charge in [0.1, 0.15) is 0 Å². The van der Waals surface area contributed by atoms with E-state index in [0.717, 1.165) is 45.6 Å². The molecule has 3 aromatic carbocycles. The predicted octanol–water partition coefficient (Wildman–Crippen LogP) is 6.53. The van der Waals surface area contributed by atoms with Crippen molar-refractivity contribution in [1.82, 2.24) is 14.5 Å². The van der Waals surface area contributed by atoms with Gasteiger partial charge >= 0.3 is 5.97 Å². The molecule has 10 nitrogen and oxygen atoms in total. The van der Waals surface area contributed by atoms with Crippen molar-refractivity contribution in [3.63, 3.8) is 0 Å². The van der Waals surface area contributed by atoms with Crippen molar-refractivity contribution in [2.45, 2.75) is 56.6 Å². The lowest BCUT2D eigenvalue weighted by Crippen LogP contribution is -2.40. The molecular formula is C37H33N5O5S2. The molecule has 2 aromatic heterocycles. The highest BCUT2D eigenvalue weighted by atomic mass is 32.2. The Morgan fingerprint density at radius 3 is 2.37 bits per heavy atom. The van der Waals surface area contributed by atoms with Crippen molar-refractivity contribution in [2.24, 2.45) is 4.99 Å². The van der Waals surface area contributed by atoms with Gasteiger partial charge in [0.15, 0.2) is 9.96 Å². The summed E-state index contributed by atoms with van der Waals surface area (Å²) < 4.78 is 7.39. The minimum Gasteiger partial charge on any atom is -0.463 e. The highest BCUT2D eigenvalue weighted by Gasteiger charge is 2.35. The van der Waals surface area contributed by atoms with Gasteiger partial charge in [0.05, 0.1) is 38.3 Å². The van der Waals surface area contributed by atoms with E-state index in [0.29, 0.717) is 42.1 Å². The SMILES string of the molecule is CCOC(=O)C1=C(c2ccccc2)N=c2s/c(=C/c3ccc(Sc4nc(C)cc(C)n4)c([N+](=O)[O-])c3)c(=O)n2[C@@H]1c1ccc(C(C)C)cc1. The largest absolute Gasteiger partial charge is 0.463 e. The van der Waals surface area contributed by atoms with E-state index in [4.69, 9.17) is 9.73 Å². The topological polar surface area (TPSA) is 130 Å². The van der Waals surface area contributed by atoms with Crippen LogP contribution in [0.4, 0.5) is 5.69 Å². The van der Waals surface area contributed by atoms with Gasteiger partial charge < -0.3 is 4.74 Å². The molecule has 1 atom stereocenters. The molecule has 248 valence electrons. The number of ether oxygens (including phenoxy) is 1. The van der Waals surface area contributed by atoms with Crippen molar-refractivity contribution in [2.75, 3.05) is 6.61 Å². The number of rotatable bonds is 9. The van der Waals surface area contributed by atoms with Crippen LogP contribution in [0.15, 0.2) is 104 Å². The van der Waals surface area contributed by atoms with Crippen LogP contribution in [0, 0.1) is 24.0 Å². The van der Waals surface area contributed by atoms with Crippen molar-refractivity contribution in [3.8, 4) is 0 Å². The molecule has 0 saturated carbocycles. The van der Waals surface area contributed by atoms with Gasteiger partial charge in [-0.05, 0) is 73.4 Å². The molecule has 6 rings (SSSR count). The summed E-state index contributed by atoms with van der Waals surface area (Å²) >= 11 is 2.27. The molecule has 49 heavy (non-hydrogen) atoms. The molecule has 5 aromatic rings. The quantitative estimate of drug-likeness (QED) is 0.0739. The average Bonchev–Trinajstić information content (AvgIpc) is 3.38. The van der Waals surface area contributed by atoms with Gasteiger partial charge in [-0.1, -0.05) is 85.8 Å². The second-order valence-electron chi connectivity index (χ2n) is 11.8. The lowest BCUT2D eigenvalue weighted by atomic mass is 9.91. The highest BCUT2D eigenvalue weighted by molar-refractivity contribution is 7.99. The van der Waals surface area contributed by atoms with Crippen LogP contribution < -0.4 is 14.9 Å². The van der Waals surface area contributed by atoms with Crippen molar-refractivity contribution in [1.29, 1.82) is 0 Å². The van der Waals surface area contributed by atoms with E-state index in [-0.39, 0.29) is 23.4 Å². The highest BCUT2D eigenvalue weighted by Crippen LogP contribution is 2.36.